The van der Waals surface area contributed by atoms with Gasteiger partial charge in [-0.1, -0.05) is 0 Å². The molecule has 0 atom stereocenters. The van der Waals surface area contributed by atoms with Gasteiger partial charge in [0.25, 0.3) is 125 Å². The van der Waals surface area contributed by atoms with Gasteiger partial charge in [-0.05, 0) is 0 Å². The second-order valence-electron chi connectivity index (χ2n) is 10.9. The van der Waals surface area contributed by atoms with Crippen LogP contribution in [0.15, 0.2) is 0 Å². The number of rotatable bonds is 0. The van der Waals surface area contributed by atoms with Crippen molar-refractivity contribution >= 4 is 161 Å². The quantitative estimate of drug-likeness (QED) is 0.0791. The molecule has 0 amide bonds. The van der Waals surface area contributed by atoms with Gasteiger partial charge in [-0.15, -0.1) is 0 Å². The molecular weight excluding hydrogens is 2000 g/mol. The minimum Gasteiger partial charge on any atom is -0.369 e. The first kappa shape index (κ1) is 162. The summed E-state index contributed by atoms with van der Waals surface area (Å²) in [4.78, 5) is 179. The molecule has 98 heavy (non-hydrogen) atoms. The normalized spacial score (nSPS) is 39.4. The summed E-state index contributed by atoms with van der Waals surface area (Å²) in [5.74, 6) is 0. The maximum Gasteiger partial charge on any atom is -0.369 e. The Balaban J connectivity index is -0.0000000419. The molecule has 2 heterocycles. The van der Waals surface area contributed by atoms with E-state index in [-0.39, 0.29) is 120 Å². The molecule has 0 aliphatic carbocycles. The number of hydrogen-bond acceptors (Lipinski definition) is 60. The molecule has 0 spiro atoms. The van der Waals surface area contributed by atoms with Crippen LogP contribution in [0.2, 0.25) is 0 Å². The van der Waals surface area contributed by atoms with Gasteiger partial charge in [0.2, 0.25) is 0 Å². The Labute approximate surface area is 541 Å². The molecule has 80 nitrogen and oxygen atoms in total. The van der Waals surface area contributed by atoms with E-state index in [1.54, 1.807) is 0 Å². The van der Waals surface area contributed by atoms with Crippen LogP contribution in [-0.2, 0) is 142 Å². The number of phosphoric acid groups is 16. The van der Waals surface area contributed by atoms with Crippen LogP contribution in [0, 0.1) is 0 Å². The van der Waals surface area contributed by atoms with E-state index in [9.17, 15) is 151 Å². The van der Waals surface area contributed by atoms with Crippen LogP contribution in [0.25, 0.3) is 0 Å². The van der Waals surface area contributed by atoms with Crippen LogP contribution in [-0.4, -0.2) is 99.4 Å². The fourth-order valence-corrected chi connectivity index (χ4v) is 24.1. The van der Waals surface area contributed by atoms with Crippen molar-refractivity contribution in [3.63, 3.8) is 0 Å². The van der Waals surface area contributed by atoms with Gasteiger partial charge in [-0.2, -0.15) is 0 Å². The molecule has 84 N–H and O–H groups in total. The van der Waals surface area contributed by atoms with Gasteiger partial charge in [-0.25, -0.2) is 69.0 Å². The Morgan fingerprint density at radius 3 is 0.184 bits per heavy atom. The van der Waals surface area contributed by atoms with E-state index in [1.165, 1.54) is 0 Å². The third-order valence-corrected chi connectivity index (χ3v) is 28.8. The first-order valence-electron chi connectivity index (χ1n) is 13.9. The summed E-state index contributed by atoms with van der Waals surface area (Å²) in [7, 11) is -111. The van der Waals surface area contributed by atoms with E-state index in [1.807, 2.05) is 0 Å². The van der Waals surface area contributed by atoms with Crippen molar-refractivity contribution in [3.8, 4) is 0 Å². The molecule has 0 aromatic heterocycles. The zero-order valence-corrected chi connectivity index (χ0v) is 69.9. The van der Waals surface area contributed by atoms with E-state index in [0.29, 0.717) is 0 Å². The Morgan fingerprint density at radius 2 is 0.163 bits per heavy atom. The van der Waals surface area contributed by atoms with Crippen LogP contribution in [0.3, 0.4) is 0 Å². The second-order valence-corrected chi connectivity index (χ2v) is 49.7. The average Bonchev–Trinajstić information content (AvgIpc) is 2.80. The van der Waals surface area contributed by atoms with E-state index in [0.717, 1.165) is 0 Å². The molecule has 0 unspecified atom stereocenters. The molecule has 2 aliphatic heterocycles. The van der Waals surface area contributed by atoms with Crippen LogP contribution in [0.4, 0.5) is 0 Å². The summed E-state index contributed by atoms with van der Waals surface area (Å²) >= 11 is -16.4. The van der Waals surface area contributed by atoms with Gasteiger partial charge in [0.05, 0.1) is 0 Å². The largest absolute Gasteiger partial charge is 0.369 e. The van der Waals surface area contributed by atoms with E-state index < -0.39 is 161 Å². The van der Waals surface area contributed by atoms with Gasteiger partial charge in [0.15, 0.2) is 0 Å². The minimum atomic E-state index is -8.18. The maximum absolute atomic E-state index is 11.2. The Hall–Kier alpha value is 2.70. The molecule has 640 valence electrons. The number of quaternary nitrogens is 16. The van der Waals surface area contributed by atoms with Crippen molar-refractivity contribution in [1.82, 2.24) is 98.4 Å². The fourth-order valence-electron chi connectivity index (χ4n) is 2.20. The monoisotopic (exact) mass is 2090 g/mol. The smallest absolute Gasteiger partial charge is 0.369 e. The molecule has 2 aliphatic rings. The molecule has 0 saturated carbocycles. The topological polar surface area (TPSA) is 1740 Å². The fraction of sp³-hybridized carbons (Fsp3) is 0. The SMILES string of the molecule is O.O.O.O.O=P1([O-])OP(=O)([O-])OP(=O)([O-])OP(=O)([O-])OP(=O)([O-])OP(=O)([O-])OP(=O)([O-])OP(=O)([O-])O1.O=P1([O-])OP(=O)([O-])OP(=O)([O-])OP(=O)([O-])OP(=O)([O-])OP(=O)([O-])OP(=O)([O-])OP(=O)([O-])O1.O[Te](O)(O)(O)(O)O.O[Te](O)(O)(O)(O)O.[NH4+].[NH4+].[NH4+].[NH4+].[NH4+].[NH4+].[NH4+].[NH4+].[NH4+].[NH4+].[NH4+].[NH4+].[NH4+].[NH4+].[NH4+].[NH4+]. The third kappa shape index (κ3) is 96.7. The molecule has 2 fully saturated rings. The Kier molecular flexibility index (Phi) is 76.5. The summed E-state index contributed by atoms with van der Waals surface area (Å²) in [6.45, 7) is 0. The zero-order chi connectivity index (χ0) is 64.1. The van der Waals surface area contributed by atoms with E-state index >= 15 is 0 Å². The van der Waals surface area contributed by atoms with Gasteiger partial charge < -0.3 is 199 Å². The average molecular weight is 2080 g/mol. The standard InChI is InChI=1S/16H3N.2H8O24P8.2H6O6Te.4H2O/c;;;;;;;;;;;;;;;;2*1-25(2)17-26(3,4)19-28(7,8)21-30(11,12)23-32(15,16)24-31(13,14)22-29(9,10)20-27(5,6)18-25;2*1-7(2,3,4,5)6;;;;/h16*1H3;2*(H,1,2)(H,3,4)(H,5,6)(H,7,8)(H,9,10)(H,11,12)(H,13,14)(H,15,16);2*1-6H;4*1H2. The third-order valence-electron chi connectivity index (χ3n) is 3.20. The van der Waals surface area contributed by atoms with Crippen LogP contribution >= 0.6 is 125 Å². The van der Waals surface area contributed by atoms with Gasteiger partial charge in [0, 0.05) is 0 Å². The maximum atomic E-state index is 11.2. The molecule has 0 aromatic carbocycles. The summed E-state index contributed by atoms with van der Waals surface area (Å²) in [5, 5.41) is 0. The van der Waals surface area contributed by atoms with Crippen molar-refractivity contribution in [3.05, 3.63) is 0 Å². The van der Waals surface area contributed by atoms with Crippen molar-refractivity contribution in [2.75, 3.05) is 0 Å². The van der Waals surface area contributed by atoms with Crippen LogP contribution in [0.5, 0.6) is 0 Å². The molecule has 0 radical (unpaired) electrons. The molecule has 98 heteroatoms. The Bertz CT molecular complexity index is 2260. The molecule has 2 saturated heterocycles. The zero-order valence-electron chi connectivity index (χ0n) is 50.9. The first-order valence-corrected chi connectivity index (χ1v) is 49.8. The van der Waals surface area contributed by atoms with Gasteiger partial charge >= 0.3 is 77.5 Å². The first-order chi connectivity index (χ1) is 32.2. The predicted molar refractivity (Wildman–Crippen MR) is 287 cm³/mol. The second kappa shape index (κ2) is 46.4. The van der Waals surface area contributed by atoms with Crippen LogP contribution in [0.1, 0.15) is 0 Å². The summed E-state index contributed by atoms with van der Waals surface area (Å²) < 4.78 is 314. The molecule has 0 aromatic rings. The van der Waals surface area contributed by atoms with Crippen molar-refractivity contribution in [1.29, 1.82) is 0 Å². The predicted octanol–water partition coefficient (Wildman–Crippen LogP) is -13.0. The Morgan fingerprint density at radius 1 is 0.143 bits per heavy atom. The number of hydrogen-bond donors (Lipinski definition) is 28. The molecule has 0 bridgehead atoms. The minimum absolute atomic E-state index is 0. The van der Waals surface area contributed by atoms with Gasteiger partial charge in [0.1, 0.15) is 0 Å². The van der Waals surface area contributed by atoms with Gasteiger partial charge in [-0.3, -0.25) is 73.0 Å². The van der Waals surface area contributed by atoms with Crippen LogP contribution < -0.4 is 177 Å². The summed E-state index contributed by atoms with van der Waals surface area (Å²) in [6.07, 6.45) is 0. The van der Waals surface area contributed by atoms with Crippen molar-refractivity contribution in [2.45, 2.75) is 0 Å². The van der Waals surface area contributed by atoms with E-state index in [2.05, 4.69) is 69.0 Å². The summed E-state index contributed by atoms with van der Waals surface area (Å²) in [6, 6.07) is 0. The van der Waals surface area contributed by atoms with E-state index in [4.69, 9.17) is 41.7 Å². The molecule has 2 rings (SSSR count). The summed E-state index contributed by atoms with van der Waals surface area (Å²) in [5.41, 5.74) is 0. The molecular formula is H84N16O64P16Te2. The van der Waals surface area contributed by atoms with Crippen molar-refractivity contribution < 1.29 is 284 Å². The van der Waals surface area contributed by atoms with Crippen molar-refractivity contribution in [2.24, 2.45) is 0 Å².